The van der Waals surface area contributed by atoms with Gasteiger partial charge in [-0.05, 0) is 51.1 Å². The Kier molecular flexibility index (Phi) is 3.33. The van der Waals surface area contributed by atoms with Crippen LogP contribution in [0.15, 0.2) is 114 Å². The molecule has 144 valence electrons. The van der Waals surface area contributed by atoms with Gasteiger partial charge in [0.05, 0.1) is 0 Å². The highest BCUT2D eigenvalue weighted by atomic mass is 16.3. The Labute approximate surface area is 180 Å². The van der Waals surface area contributed by atoms with Gasteiger partial charge in [-0.1, -0.05) is 97.1 Å². The van der Waals surface area contributed by atoms with Crippen molar-refractivity contribution in [1.82, 2.24) is 0 Å². The third-order valence-electron chi connectivity index (χ3n) is 6.47. The smallest absolute Gasteiger partial charge is 0.143 e. The third-order valence-corrected chi connectivity index (χ3v) is 6.47. The van der Waals surface area contributed by atoms with Crippen molar-refractivity contribution in [3.05, 3.63) is 109 Å². The summed E-state index contributed by atoms with van der Waals surface area (Å²) in [6.45, 7) is 0. The minimum absolute atomic E-state index is 0.930. The Bertz CT molecular complexity index is 1630. The van der Waals surface area contributed by atoms with Crippen molar-refractivity contribution in [2.24, 2.45) is 0 Å². The van der Waals surface area contributed by atoms with Gasteiger partial charge in [0.2, 0.25) is 0 Å². The highest BCUT2D eigenvalue weighted by Crippen LogP contribution is 2.50. The topological polar surface area (TPSA) is 13.1 Å². The van der Waals surface area contributed by atoms with Crippen LogP contribution in [-0.2, 0) is 0 Å². The molecule has 0 atom stereocenters. The number of benzene rings is 5. The molecule has 0 fully saturated rings. The first kappa shape index (κ1) is 16.7. The first-order chi connectivity index (χ1) is 15.4. The van der Waals surface area contributed by atoms with Crippen LogP contribution in [0.25, 0.3) is 66.4 Å². The molecule has 1 nitrogen and oxygen atoms in total. The molecule has 0 unspecified atom stereocenters. The van der Waals surface area contributed by atoms with Crippen molar-refractivity contribution in [3.8, 4) is 44.5 Å². The largest absolute Gasteiger partial charge is 0.455 e. The molecule has 0 aliphatic heterocycles. The van der Waals surface area contributed by atoms with Crippen LogP contribution in [0.3, 0.4) is 0 Å². The molecule has 0 saturated heterocycles. The lowest BCUT2D eigenvalue weighted by Gasteiger charge is -2.23. The number of furan rings is 1. The average molecular weight is 394 g/mol. The van der Waals surface area contributed by atoms with Gasteiger partial charge in [-0.3, -0.25) is 0 Å². The van der Waals surface area contributed by atoms with Crippen LogP contribution in [-0.4, -0.2) is 0 Å². The molecule has 6 aromatic rings. The first-order valence-corrected chi connectivity index (χ1v) is 10.6. The molecule has 1 aliphatic carbocycles. The lowest BCUT2D eigenvalue weighted by molar-refractivity contribution is 0.670. The molecule has 0 amide bonds. The lowest BCUT2D eigenvalue weighted by atomic mass is 9.80. The van der Waals surface area contributed by atoms with Gasteiger partial charge < -0.3 is 4.42 Å². The van der Waals surface area contributed by atoms with Gasteiger partial charge in [0.25, 0.3) is 0 Å². The SMILES string of the molecule is c1ccc2c(c1)-c1ccccc1-c1ccc3c(oc4ccccc43)c1-c1ccccc1-2. The highest BCUT2D eigenvalue weighted by molar-refractivity contribution is 6.16. The summed E-state index contributed by atoms with van der Waals surface area (Å²) >= 11 is 0. The van der Waals surface area contributed by atoms with E-state index in [1.54, 1.807) is 0 Å². The number of fused-ring (bicyclic) bond motifs is 12. The molecule has 0 spiro atoms. The molecule has 1 heteroatoms. The van der Waals surface area contributed by atoms with Gasteiger partial charge in [0.1, 0.15) is 11.2 Å². The summed E-state index contributed by atoms with van der Waals surface area (Å²) in [4.78, 5) is 0. The maximum Gasteiger partial charge on any atom is 0.143 e. The molecule has 1 aromatic heterocycles. The van der Waals surface area contributed by atoms with Gasteiger partial charge in [-0.2, -0.15) is 0 Å². The van der Waals surface area contributed by atoms with Crippen molar-refractivity contribution in [2.75, 3.05) is 0 Å². The molecular weight excluding hydrogens is 376 g/mol. The Morgan fingerprint density at radius 3 is 1.48 bits per heavy atom. The van der Waals surface area contributed by atoms with Crippen LogP contribution in [0.1, 0.15) is 0 Å². The molecule has 7 rings (SSSR count). The molecule has 0 bridgehead atoms. The quantitative estimate of drug-likeness (QED) is 0.251. The number of hydrogen-bond donors (Lipinski definition) is 0. The zero-order valence-electron chi connectivity index (χ0n) is 16.8. The van der Waals surface area contributed by atoms with E-state index in [4.69, 9.17) is 4.42 Å². The van der Waals surface area contributed by atoms with Crippen LogP contribution in [0, 0.1) is 0 Å². The molecule has 0 radical (unpaired) electrons. The van der Waals surface area contributed by atoms with Crippen LogP contribution >= 0.6 is 0 Å². The predicted octanol–water partition coefficient (Wildman–Crippen LogP) is 8.57. The standard InChI is InChI=1S/C30H18O/c1-2-10-20-19(9-1)21-11-3-4-13-23(21)26-17-18-27-24-14-7-8-16-28(24)31-30(27)29(26)25-15-6-5-12-22(20)25/h1-18H. The van der Waals surface area contributed by atoms with Gasteiger partial charge in [0.15, 0.2) is 0 Å². The van der Waals surface area contributed by atoms with Crippen molar-refractivity contribution in [3.63, 3.8) is 0 Å². The number of para-hydroxylation sites is 1. The second-order valence-electron chi connectivity index (χ2n) is 8.10. The number of hydrogen-bond acceptors (Lipinski definition) is 1. The van der Waals surface area contributed by atoms with E-state index in [0.29, 0.717) is 0 Å². The fourth-order valence-corrected chi connectivity index (χ4v) is 5.12. The van der Waals surface area contributed by atoms with Crippen LogP contribution < -0.4 is 0 Å². The van der Waals surface area contributed by atoms with E-state index >= 15 is 0 Å². The zero-order chi connectivity index (χ0) is 20.4. The van der Waals surface area contributed by atoms with E-state index in [-0.39, 0.29) is 0 Å². The van der Waals surface area contributed by atoms with E-state index < -0.39 is 0 Å². The summed E-state index contributed by atoms with van der Waals surface area (Å²) < 4.78 is 6.51. The Hall–Kier alpha value is -4.10. The third kappa shape index (κ3) is 2.26. The van der Waals surface area contributed by atoms with Gasteiger partial charge >= 0.3 is 0 Å². The summed E-state index contributed by atoms with van der Waals surface area (Å²) in [7, 11) is 0. The molecular formula is C30H18O. The predicted molar refractivity (Wildman–Crippen MR) is 129 cm³/mol. The second kappa shape index (κ2) is 6.20. The summed E-state index contributed by atoms with van der Waals surface area (Å²) in [5.41, 5.74) is 11.7. The fraction of sp³-hybridized carbons (Fsp3) is 0. The monoisotopic (exact) mass is 394 g/mol. The molecule has 5 aromatic carbocycles. The van der Waals surface area contributed by atoms with Crippen LogP contribution in [0.2, 0.25) is 0 Å². The summed E-state index contributed by atoms with van der Waals surface area (Å²) in [6.07, 6.45) is 0. The van der Waals surface area contributed by atoms with Crippen molar-refractivity contribution < 1.29 is 4.42 Å². The molecule has 31 heavy (non-hydrogen) atoms. The molecule has 0 N–H and O–H groups in total. The van der Waals surface area contributed by atoms with E-state index in [1.165, 1.54) is 44.5 Å². The van der Waals surface area contributed by atoms with E-state index in [1.807, 2.05) is 6.07 Å². The Balaban J connectivity index is 1.74. The molecule has 0 saturated carbocycles. The van der Waals surface area contributed by atoms with Crippen molar-refractivity contribution >= 4 is 21.9 Å². The van der Waals surface area contributed by atoms with Crippen LogP contribution in [0.4, 0.5) is 0 Å². The average Bonchev–Trinajstić information content (AvgIpc) is 3.21. The summed E-state index contributed by atoms with van der Waals surface area (Å²) in [5, 5.41) is 2.32. The zero-order valence-corrected chi connectivity index (χ0v) is 16.8. The van der Waals surface area contributed by atoms with Gasteiger partial charge in [0, 0.05) is 16.3 Å². The van der Waals surface area contributed by atoms with Crippen molar-refractivity contribution in [2.45, 2.75) is 0 Å². The minimum Gasteiger partial charge on any atom is -0.455 e. The van der Waals surface area contributed by atoms with Crippen LogP contribution in [0.5, 0.6) is 0 Å². The normalized spacial score (nSPS) is 11.9. The van der Waals surface area contributed by atoms with E-state index in [0.717, 1.165) is 21.9 Å². The maximum atomic E-state index is 6.51. The fourth-order valence-electron chi connectivity index (χ4n) is 5.12. The lowest BCUT2D eigenvalue weighted by Crippen LogP contribution is -1.97. The molecule has 1 aliphatic rings. The first-order valence-electron chi connectivity index (χ1n) is 10.6. The van der Waals surface area contributed by atoms with Gasteiger partial charge in [-0.15, -0.1) is 0 Å². The Morgan fingerprint density at radius 2 is 0.839 bits per heavy atom. The minimum atomic E-state index is 0.930. The second-order valence-corrected chi connectivity index (χ2v) is 8.10. The highest BCUT2D eigenvalue weighted by Gasteiger charge is 2.24. The summed E-state index contributed by atoms with van der Waals surface area (Å²) in [5.74, 6) is 0. The Morgan fingerprint density at radius 1 is 0.355 bits per heavy atom. The maximum absolute atomic E-state index is 6.51. The van der Waals surface area contributed by atoms with E-state index in [9.17, 15) is 0 Å². The van der Waals surface area contributed by atoms with E-state index in [2.05, 4.69) is 103 Å². The number of rotatable bonds is 0. The van der Waals surface area contributed by atoms with Crippen molar-refractivity contribution in [1.29, 1.82) is 0 Å². The van der Waals surface area contributed by atoms with Gasteiger partial charge in [-0.25, -0.2) is 0 Å². The summed E-state index contributed by atoms with van der Waals surface area (Å²) in [6, 6.07) is 38.9. The molecule has 1 heterocycles.